The molecule has 3 heterocycles. The van der Waals surface area contributed by atoms with Gasteiger partial charge in [-0.2, -0.15) is 5.26 Å². The van der Waals surface area contributed by atoms with E-state index >= 15 is 0 Å². The molecule has 1 atom stereocenters. The summed E-state index contributed by atoms with van der Waals surface area (Å²) in [5, 5.41) is 12.3. The molecular formula is C28H37F2N7O2. The maximum atomic E-state index is 13.7. The normalized spacial score (nSPS) is 19.8. The fourth-order valence-electron chi connectivity index (χ4n) is 5.28. The lowest BCUT2D eigenvalue weighted by Crippen LogP contribution is -2.49. The van der Waals surface area contributed by atoms with E-state index in [0.29, 0.717) is 22.5 Å². The molecule has 0 spiro atoms. The summed E-state index contributed by atoms with van der Waals surface area (Å²) >= 11 is 0. The van der Waals surface area contributed by atoms with E-state index in [9.17, 15) is 18.4 Å². The van der Waals surface area contributed by atoms with Crippen molar-refractivity contribution in [1.82, 2.24) is 25.0 Å². The van der Waals surface area contributed by atoms with Gasteiger partial charge in [0.2, 0.25) is 5.91 Å². The van der Waals surface area contributed by atoms with E-state index in [4.69, 9.17) is 5.26 Å². The molecular weight excluding hydrogens is 504 g/mol. The molecule has 39 heavy (non-hydrogen) atoms. The first kappa shape index (κ1) is 28.6. The first-order valence-corrected chi connectivity index (χ1v) is 13.5. The number of carbonyl (C=O) groups is 2. The van der Waals surface area contributed by atoms with Gasteiger partial charge >= 0.3 is 0 Å². The molecule has 9 nitrogen and oxygen atoms in total. The maximum Gasteiger partial charge on any atom is 0.268 e. The number of nitriles is 1. The number of halogens is 2. The third kappa shape index (κ3) is 6.99. The molecule has 1 aromatic carbocycles. The van der Waals surface area contributed by atoms with Crippen molar-refractivity contribution in [2.75, 3.05) is 64.3 Å². The predicted molar refractivity (Wildman–Crippen MR) is 146 cm³/mol. The predicted octanol–water partition coefficient (Wildman–Crippen LogP) is 2.58. The summed E-state index contributed by atoms with van der Waals surface area (Å²) in [4.78, 5) is 37.9. The van der Waals surface area contributed by atoms with Crippen LogP contribution in [-0.4, -0.2) is 109 Å². The van der Waals surface area contributed by atoms with E-state index in [-0.39, 0.29) is 0 Å². The van der Waals surface area contributed by atoms with Crippen molar-refractivity contribution in [3.63, 3.8) is 0 Å². The lowest BCUT2D eigenvalue weighted by Gasteiger charge is -2.37. The van der Waals surface area contributed by atoms with E-state index in [1.54, 1.807) is 12.1 Å². The molecule has 2 amide bonds. The number of alkyl halides is 2. The van der Waals surface area contributed by atoms with Crippen molar-refractivity contribution < 1.29 is 18.4 Å². The summed E-state index contributed by atoms with van der Waals surface area (Å²) in [7, 11) is 2.02. The highest BCUT2D eigenvalue weighted by Crippen LogP contribution is 2.31. The van der Waals surface area contributed by atoms with Gasteiger partial charge in [-0.05, 0) is 51.1 Å². The van der Waals surface area contributed by atoms with Crippen LogP contribution in [0.3, 0.4) is 0 Å². The monoisotopic (exact) mass is 541 g/mol. The third-order valence-corrected chi connectivity index (χ3v) is 7.65. The zero-order chi connectivity index (χ0) is 28.2. The highest BCUT2D eigenvalue weighted by Gasteiger charge is 2.47. The zero-order valence-electron chi connectivity index (χ0n) is 22.9. The first-order valence-electron chi connectivity index (χ1n) is 13.5. The molecule has 2 saturated heterocycles. The average molecular weight is 542 g/mol. The van der Waals surface area contributed by atoms with Crippen LogP contribution in [0.4, 0.5) is 14.5 Å². The third-order valence-electron chi connectivity index (χ3n) is 7.65. The number of nitrogens with zero attached hydrogens (tertiary/aromatic N) is 6. The number of pyridine rings is 1. The number of benzene rings is 1. The Hall–Kier alpha value is -3.36. The summed E-state index contributed by atoms with van der Waals surface area (Å²) in [6.45, 7) is 9.45. The summed E-state index contributed by atoms with van der Waals surface area (Å²) in [5.74, 6) is -4.32. The maximum absolute atomic E-state index is 13.7. The minimum absolute atomic E-state index is 0.342. The number of likely N-dealkylation sites (tertiary alicyclic amines) is 1. The number of amides is 2. The van der Waals surface area contributed by atoms with Crippen LogP contribution in [-0.2, 0) is 4.79 Å². The molecule has 0 bridgehead atoms. The highest BCUT2D eigenvalue weighted by molar-refractivity contribution is 6.07. The van der Waals surface area contributed by atoms with Gasteiger partial charge in [0.15, 0.2) is 0 Å². The largest absolute Gasteiger partial charge is 0.375 e. The summed E-state index contributed by atoms with van der Waals surface area (Å²) in [6, 6.07) is 8.44. The molecule has 2 aliphatic heterocycles. The second-order valence-electron chi connectivity index (χ2n) is 10.7. The van der Waals surface area contributed by atoms with Gasteiger partial charge in [-0.25, -0.2) is 8.78 Å². The fraction of sp³-hybridized carbons (Fsp3) is 0.571. The van der Waals surface area contributed by atoms with Crippen molar-refractivity contribution >= 4 is 28.4 Å². The lowest BCUT2D eigenvalue weighted by molar-refractivity contribution is -0.131. The number of hydrogen-bond acceptors (Lipinski definition) is 7. The number of hydrogen-bond donors (Lipinski definition) is 1. The smallest absolute Gasteiger partial charge is 0.268 e. The second kappa shape index (κ2) is 12.2. The van der Waals surface area contributed by atoms with Crippen molar-refractivity contribution in [3.05, 3.63) is 36.0 Å². The van der Waals surface area contributed by atoms with E-state index in [0.717, 1.165) is 56.3 Å². The molecule has 0 radical (unpaired) electrons. The minimum Gasteiger partial charge on any atom is -0.375 e. The second-order valence-corrected chi connectivity index (χ2v) is 10.7. The molecule has 2 aliphatic rings. The Morgan fingerprint density at radius 2 is 1.97 bits per heavy atom. The Balaban J connectivity index is 1.35. The number of carbonyl (C=O) groups excluding carboxylic acids is 2. The molecule has 1 N–H and O–H groups in total. The van der Waals surface area contributed by atoms with Crippen molar-refractivity contribution in [3.8, 4) is 6.07 Å². The Kier molecular flexibility index (Phi) is 8.97. The Bertz CT molecular complexity index is 1220. The van der Waals surface area contributed by atoms with Crippen LogP contribution < -0.4 is 10.2 Å². The van der Waals surface area contributed by atoms with Gasteiger partial charge in [-0.15, -0.1) is 0 Å². The number of nitrogens with one attached hydrogen (secondary N) is 1. The lowest BCUT2D eigenvalue weighted by atomic mass is 10.1. The van der Waals surface area contributed by atoms with Crippen LogP contribution >= 0.6 is 0 Å². The fourth-order valence-corrected chi connectivity index (χ4v) is 5.28. The van der Waals surface area contributed by atoms with Crippen molar-refractivity contribution in [2.45, 2.75) is 44.7 Å². The highest BCUT2D eigenvalue weighted by atomic mass is 19.3. The van der Waals surface area contributed by atoms with Gasteiger partial charge < -0.3 is 20.0 Å². The summed E-state index contributed by atoms with van der Waals surface area (Å²) in [6.07, 6.45) is 1.84. The van der Waals surface area contributed by atoms with E-state index < -0.39 is 43.3 Å². The molecule has 2 aromatic rings. The molecule has 11 heteroatoms. The molecule has 2 fully saturated rings. The Morgan fingerprint density at radius 1 is 1.23 bits per heavy atom. The van der Waals surface area contributed by atoms with E-state index in [1.807, 2.05) is 25.2 Å². The van der Waals surface area contributed by atoms with Gasteiger partial charge in [-0.3, -0.25) is 19.5 Å². The minimum atomic E-state index is -3.10. The number of anilines is 1. The topological polar surface area (TPSA) is 95.8 Å². The number of aromatic nitrogens is 1. The van der Waals surface area contributed by atoms with Crippen LogP contribution in [0.25, 0.3) is 10.9 Å². The van der Waals surface area contributed by atoms with Gasteiger partial charge in [-0.1, -0.05) is 0 Å². The summed E-state index contributed by atoms with van der Waals surface area (Å²) in [5.41, 5.74) is 1.92. The van der Waals surface area contributed by atoms with E-state index in [2.05, 4.69) is 38.8 Å². The van der Waals surface area contributed by atoms with Crippen molar-refractivity contribution in [1.29, 1.82) is 5.26 Å². The van der Waals surface area contributed by atoms with Crippen LogP contribution in [0.15, 0.2) is 30.5 Å². The Morgan fingerprint density at radius 3 is 2.67 bits per heavy atom. The average Bonchev–Trinajstić information content (AvgIpc) is 3.25. The SMILES string of the molecule is CC(C)N1CCN(CCCN(C)c2ccc3nccc(C(=O)NCC(=O)N4CC(F)(F)CC4C#N)c3c2)CC1. The summed E-state index contributed by atoms with van der Waals surface area (Å²) < 4.78 is 27.4. The van der Waals surface area contributed by atoms with Gasteiger partial charge in [0.25, 0.3) is 11.8 Å². The first-order chi connectivity index (χ1) is 18.6. The quantitative estimate of drug-likeness (QED) is 0.521. The van der Waals surface area contributed by atoms with Crippen LogP contribution in [0.5, 0.6) is 0 Å². The zero-order valence-corrected chi connectivity index (χ0v) is 22.9. The van der Waals surface area contributed by atoms with Crippen molar-refractivity contribution in [2.24, 2.45) is 0 Å². The molecule has 1 aromatic heterocycles. The van der Waals surface area contributed by atoms with Gasteiger partial charge in [0, 0.05) is 69.5 Å². The number of fused-ring (bicyclic) bond motifs is 1. The molecule has 0 aliphatic carbocycles. The van der Waals surface area contributed by atoms with E-state index in [1.165, 1.54) is 6.20 Å². The molecule has 4 rings (SSSR count). The van der Waals surface area contributed by atoms with Gasteiger partial charge in [0.05, 0.1) is 30.2 Å². The number of rotatable bonds is 9. The molecule has 210 valence electrons. The molecule has 1 unspecified atom stereocenters. The van der Waals surface area contributed by atoms with Crippen LogP contribution in [0.2, 0.25) is 0 Å². The van der Waals surface area contributed by atoms with Crippen LogP contribution in [0, 0.1) is 11.3 Å². The number of piperazine rings is 1. The Labute approximate surface area is 228 Å². The van der Waals surface area contributed by atoms with Gasteiger partial charge in [0.1, 0.15) is 6.04 Å². The van der Waals surface area contributed by atoms with Crippen LogP contribution in [0.1, 0.15) is 37.0 Å². The standard InChI is InChI=1S/C28H37F2N7O2/c1-20(2)36-13-11-35(12-14-36)10-4-9-34(3)21-5-6-25-24(15-21)23(7-8-32-25)27(39)33-18-26(38)37-19-28(29,30)16-22(37)17-31/h5-8,15,20,22H,4,9-14,16,18-19H2,1-3H3,(H,33,39). The molecule has 0 saturated carbocycles.